The Hall–Kier alpha value is -1.27. The van der Waals surface area contributed by atoms with Crippen LogP contribution in [0.15, 0.2) is 23.1 Å². The van der Waals surface area contributed by atoms with Crippen LogP contribution in [-0.2, 0) is 10.0 Å². The van der Waals surface area contributed by atoms with Crippen LogP contribution < -0.4 is 14.8 Å². The van der Waals surface area contributed by atoms with Crippen LogP contribution in [0.1, 0.15) is 6.92 Å². The zero-order valence-corrected chi connectivity index (χ0v) is 9.26. The molecule has 2 rings (SSSR count). The number of rotatable bonds is 2. The molecule has 6 heteroatoms. The number of hydrogen-bond donors (Lipinski definition) is 2. The van der Waals surface area contributed by atoms with E-state index in [0.29, 0.717) is 11.4 Å². The van der Waals surface area contributed by atoms with Gasteiger partial charge in [0.1, 0.15) is 5.75 Å². The third-order valence-electron chi connectivity index (χ3n) is 2.19. The average Bonchev–Trinajstić information content (AvgIpc) is 2.56. The van der Waals surface area contributed by atoms with E-state index in [0.717, 1.165) is 0 Å². The molecule has 0 fully saturated rings. The second-order valence-electron chi connectivity index (χ2n) is 3.27. The lowest BCUT2D eigenvalue weighted by Crippen LogP contribution is -2.18. The molecular formula is C9H12N2O3S. The summed E-state index contributed by atoms with van der Waals surface area (Å²) in [5, 5.41) is 3.02. The molecule has 1 aliphatic heterocycles. The highest BCUT2D eigenvalue weighted by atomic mass is 32.2. The summed E-state index contributed by atoms with van der Waals surface area (Å²) in [5.41, 5.74) is 0.707. The Morgan fingerprint density at radius 3 is 2.87 bits per heavy atom. The standard InChI is InChI=1S/C9H12N2O3S/c1-6-11-8-5-7(15(12,13)10-2)3-4-9(8)14-6/h3-6,10-11H,1-2H3. The summed E-state index contributed by atoms with van der Waals surface area (Å²) in [7, 11) is -2.00. The lowest BCUT2D eigenvalue weighted by Gasteiger charge is -2.03. The van der Waals surface area contributed by atoms with Gasteiger partial charge in [-0.15, -0.1) is 0 Å². The SMILES string of the molecule is CNS(=O)(=O)c1ccc2c(c1)NC(C)O2. The molecule has 0 aliphatic carbocycles. The van der Waals surface area contributed by atoms with Crippen molar-refractivity contribution in [2.75, 3.05) is 12.4 Å². The molecule has 15 heavy (non-hydrogen) atoms. The maximum Gasteiger partial charge on any atom is 0.240 e. The Morgan fingerprint density at radius 2 is 2.20 bits per heavy atom. The van der Waals surface area contributed by atoms with Gasteiger partial charge in [-0.25, -0.2) is 13.1 Å². The monoisotopic (exact) mass is 228 g/mol. The number of benzene rings is 1. The molecule has 0 spiro atoms. The Kier molecular flexibility index (Phi) is 2.32. The molecule has 1 unspecified atom stereocenters. The zero-order chi connectivity index (χ0) is 11.1. The molecule has 0 radical (unpaired) electrons. The molecule has 82 valence electrons. The molecule has 1 aromatic carbocycles. The van der Waals surface area contributed by atoms with Crippen molar-refractivity contribution < 1.29 is 13.2 Å². The van der Waals surface area contributed by atoms with Gasteiger partial charge in [-0.2, -0.15) is 0 Å². The lowest BCUT2D eigenvalue weighted by molar-refractivity contribution is 0.275. The minimum Gasteiger partial charge on any atom is -0.469 e. The normalized spacial score (nSPS) is 19.2. The number of anilines is 1. The van der Waals surface area contributed by atoms with E-state index in [9.17, 15) is 8.42 Å². The van der Waals surface area contributed by atoms with Crippen molar-refractivity contribution in [3.63, 3.8) is 0 Å². The molecule has 0 bridgehead atoms. The zero-order valence-electron chi connectivity index (χ0n) is 8.44. The number of sulfonamides is 1. The molecule has 0 amide bonds. The van der Waals surface area contributed by atoms with Gasteiger partial charge < -0.3 is 10.1 Å². The average molecular weight is 228 g/mol. The number of hydrogen-bond acceptors (Lipinski definition) is 4. The van der Waals surface area contributed by atoms with Crippen molar-refractivity contribution in [2.24, 2.45) is 0 Å². The second kappa shape index (κ2) is 3.39. The quantitative estimate of drug-likeness (QED) is 0.783. The van der Waals surface area contributed by atoms with Crippen LogP contribution in [0, 0.1) is 0 Å². The van der Waals surface area contributed by atoms with Crippen molar-refractivity contribution in [2.45, 2.75) is 18.0 Å². The molecule has 1 aromatic rings. The van der Waals surface area contributed by atoms with E-state index in [1.807, 2.05) is 6.92 Å². The highest BCUT2D eigenvalue weighted by Crippen LogP contribution is 2.33. The minimum atomic E-state index is -3.38. The van der Waals surface area contributed by atoms with Crippen LogP contribution in [0.2, 0.25) is 0 Å². The summed E-state index contributed by atoms with van der Waals surface area (Å²) >= 11 is 0. The largest absolute Gasteiger partial charge is 0.469 e. The molecule has 1 heterocycles. The van der Waals surface area contributed by atoms with Gasteiger partial charge >= 0.3 is 0 Å². The van der Waals surface area contributed by atoms with E-state index in [2.05, 4.69) is 10.0 Å². The van der Waals surface area contributed by atoms with E-state index >= 15 is 0 Å². The van der Waals surface area contributed by atoms with Gasteiger partial charge in [0.25, 0.3) is 0 Å². The van der Waals surface area contributed by atoms with Crippen LogP contribution in [0.4, 0.5) is 5.69 Å². The van der Waals surface area contributed by atoms with E-state index < -0.39 is 10.0 Å². The number of fused-ring (bicyclic) bond motifs is 1. The summed E-state index contributed by atoms with van der Waals surface area (Å²) in [4.78, 5) is 0.231. The Bertz CT molecular complexity index is 484. The van der Waals surface area contributed by atoms with Gasteiger partial charge in [0.2, 0.25) is 10.0 Å². The first-order chi connectivity index (χ1) is 7.03. The summed E-state index contributed by atoms with van der Waals surface area (Å²) in [6.45, 7) is 1.85. The van der Waals surface area contributed by atoms with Crippen LogP contribution in [0.5, 0.6) is 5.75 Å². The van der Waals surface area contributed by atoms with E-state index in [-0.39, 0.29) is 11.1 Å². The molecule has 0 saturated carbocycles. The fraction of sp³-hybridized carbons (Fsp3) is 0.333. The smallest absolute Gasteiger partial charge is 0.240 e. The predicted molar refractivity (Wildman–Crippen MR) is 56.4 cm³/mol. The van der Waals surface area contributed by atoms with E-state index in [1.165, 1.54) is 13.1 Å². The van der Waals surface area contributed by atoms with E-state index in [4.69, 9.17) is 4.74 Å². The third kappa shape index (κ3) is 1.78. The van der Waals surface area contributed by atoms with Crippen molar-refractivity contribution in [3.05, 3.63) is 18.2 Å². The summed E-state index contributed by atoms with van der Waals surface area (Å²) in [5.74, 6) is 0.678. The third-order valence-corrected chi connectivity index (χ3v) is 3.60. The predicted octanol–water partition coefficient (Wildman–Crippen LogP) is 0.745. The maximum atomic E-state index is 11.5. The van der Waals surface area contributed by atoms with Crippen molar-refractivity contribution >= 4 is 15.7 Å². The first-order valence-electron chi connectivity index (χ1n) is 4.54. The first kappa shape index (κ1) is 10.3. The van der Waals surface area contributed by atoms with Crippen LogP contribution >= 0.6 is 0 Å². The lowest BCUT2D eigenvalue weighted by atomic mass is 10.3. The molecule has 0 saturated heterocycles. The Balaban J connectivity index is 2.44. The summed E-state index contributed by atoms with van der Waals surface area (Å²) in [6.07, 6.45) is -0.118. The Morgan fingerprint density at radius 1 is 1.47 bits per heavy atom. The van der Waals surface area contributed by atoms with Gasteiger partial charge in [0.15, 0.2) is 6.23 Å². The summed E-state index contributed by atoms with van der Waals surface area (Å²) < 4.78 is 30.7. The van der Waals surface area contributed by atoms with Gasteiger partial charge in [0.05, 0.1) is 10.6 Å². The first-order valence-corrected chi connectivity index (χ1v) is 6.02. The van der Waals surface area contributed by atoms with Gasteiger partial charge in [-0.3, -0.25) is 0 Å². The highest BCUT2D eigenvalue weighted by Gasteiger charge is 2.20. The molecule has 5 nitrogen and oxygen atoms in total. The maximum absolute atomic E-state index is 11.5. The Labute approximate surface area is 88.5 Å². The van der Waals surface area contributed by atoms with Crippen LogP contribution in [0.3, 0.4) is 0 Å². The topological polar surface area (TPSA) is 67.4 Å². The molecular weight excluding hydrogens is 216 g/mol. The molecule has 1 atom stereocenters. The number of nitrogens with one attached hydrogen (secondary N) is 2. The van der Waals surface area contributed by atoms with Crippen LogP contribution in [-0.4, -0.2) is 21.7 Å². The van der Waals surface area contributed by atoms with Crippen molar-refractivity contribution in [1.29, 1.82) is 0 Å². The number of ether oxygens (including phenoxy) is 1. The molecule has 2 N–H and O–H groups in total. The second-order valence-corrected chi connectivity index (χ2v) is 5.16. The van der Waals surface area contributed by atoms with Crippen molar-refractivity contribution in [3.8, 4) is 5.75 Å². The van der Waals surface area contributed by atoms with E-state index in [1.54, 1.807) is 12.1 Å². The minimum absolute atomic E-state index is 0.118. The van der Waals surface area contributed by atoms with Gasteiger partial charge in [-0.05, 0) is 32.2 Å². The van der Waals surface area contributed by atoms with Crippen LogP contribution in [0.25, 0.3) is 0 Å². The van der Waals surface area contributed by atoms with Crippen molar-refractivity contribution in [1.82, 2.24) is 4.72 Å². The summed E-state index contributed by atoms with van der Waals surface area (Å²) in [6, 6.07) is 4.73. The highest BCUT2D eigenvalue weighted by molar-refractivity contribution is 7.89. The molecule has 0 aromatic heterocycles. The van der Waals surface area contributed by atoms with Gasteiger partial charge in [-0.1, -0.05) is 0 Å². The fourth-order valence-electron chi connectivity index (χ4n) is 1.45. The van der Waals surface area contributed by atoms with Gasteiger partial charge in [0, 0.05) is 0 Å². The molecule has 1 aliphatic rings. The fourth-order valence-corrected chi connectivity index (χ4v) is 2.20.